The van der Waals surface area contributed by atoms with Crippen LogP contribution in [0.4, 0.5) is 5.82 Å². The van der Waals surface area contributed by atoms with E-state index >= 15 is 0 Å². The Bertz CT molecular complexity index is 582. The number of hydrogen-bond donors (Lipinski definition) is 1. The molecule has 2 aromatic rings. The second kappa shape index (κ2) is 4.28. The molecule has 1 aliphatic heterocycles. The summed E-state index contributed by atoms with van der Waals surface area (Å²) in [6.07, 6.45) is 1.63. The highest BCUT2D eigenvalue weighted by Crippen LogP contribution is 2.33. The van der Waals surface area contributed by atoms with Gasteiger partial charge in [0.1, 0.15) is 5.52 Å². The molecule has 2 aromatic heterocycles. The third kappa shape index (κ3) is 2.14. The van der Waals surface area contributed by atoms with Crippen LogP contribution < -0.4 is 4.90 Å². The first-order valence-electron chi connectivity index (χ1n) is 5.81. The van der Waals surface area contributed by atoms with Crippen LogP contribution in [0.5, 0.6) is 0 Å². The summed E-state index contributed by atoms with van der Waals surface area (Å²) in [5, 5.41) is 0.251. The third-order valence-electron chi connectivity index (χ3n) is 2.96. The van der Waals surface area contributed by atoms with Crippen LogP contribution in [0.25, 0.3) is 11.2 Å². The number of aromatic amines is 1. The number of hydrogen-bond acceptors (Lipinski definition) is 5. The maximum Gasteiger partial charge on any atom is 0.226 e. The Morgan fingerprint density at radius 1 is 1.44 bits per heavy atom. The van der Waals surface area contributed by atoms with Crippen LogP contribution in [0.1, 0.15) is 13.8 Å². The quantitative estimate of drug-likeness (QED) is 0.814. The van der Waals surface area contributed by atoms with Crippen LogP contribution in [-0.2, 0) is 0 Å². The van der Waals surface area contributed by atoms with Gasteiger partial charge in [-0.25, -0.2) is 4.98 Å². The van der Waals surface area contributed by atoms with Crippen molar-refractivity contribution in [2.75, 3.05) is 23.7 Å². The SMILES string of the molecule is CC1(C)CN(c2nc(Cl)nc3nc[nH]c23)CCS1. The first kappa shape index (κ1) is 12.0. The van der Waals surface area contributed by atoms with Gasteiger partial charge in [-0.15, -0.1) is 0 Å². The molecule has 1 fully saturated rings. The van der Waals surface area contributed by atoms with Gasteiger partial charge in [0.2, 0.25) is 5.28 Å². The molecule has 0 aliphatic carbocycles. The monoisotopic (exact) mass is 283 g/mol. The van der Waals surface area contributed by atoms with Crippen molar-refractivity contribution in [2.24, 2.45) is 0 Å². The van der Waals surface area contributed by atoms with E-state index in [1.807, 2.05) is 11.8 Å². The molecule has 0 aromatic carbocycles. The van der Waals surface area contributed by atoms with Crippen molar-refractivity contribution in [3.8, 4) is 0 Å². The van der Waals surface area contributed by atoms with E-state index in [1.165, 1.54) is 0 Å². The number of nitrogens with one attached hydrogen (secondary N) is 1. The fourth-order valence-corrected chi connectivity index (χ4v) is 3.49. The molecule has 1 N–H and O–H groups in total. The Balaban J connectivity index is 2.05. The standard InChI is InChI=1S/C11H14ClN5S/c1-11(2)5-17(3-4-18-11)9-7-8(14-6-13-7)15-10(12)16-9/h6H,3-5H2,1-2H3,(H,13,14,15,16). The Kier molecular flexibility index (Phi) is 2.86. The highest BCUT2D eigenvalue weighted by Gasteiger charge is 2.29. The van der Waals surface area contributed by atoms with E-state index in [4.69, 9.17) is 11.6 Å². The van der Waals surface area contributed by atoms with Crippen molar-refractivity contribution in [3.05, 3.63) is 11.6 Å². The van der Waals surface area contributed by atoms with Crippen molar-refractivity contribution in [1.82, 2.24) is 19.9 Å². The number of thioether (sulfide) groups is 1. The van der Waals surface area contributed by atoms with Crippen molar-refractivity contribution in [3.63, 3.8) is 0 Å². The van der Waals surface area contributed by atoms with Crippen LogP contribution in [0, 0.1) is 0 Å². The van der Waals surface area contributed by atoms with E-state index in [-0.39, 0.29) is 10.0 Å². The molecule has 3 heterocycles. The number of aromatic nitrogens is 4. The highest BCUT2D eigenvalue weighted by molar-refractivity contribution is 8.00. The second-order valence-electron chi connectivity index (χ2n) is 4.95. The molecule has 0 unspecified atom stereocenters. The summed E-state index contributed by atoms with van der Waals surface area (Å²) in [5.41, 5.74) is 1.49. The van der Waals surface area contributed by atoms with Crippen LogP contribution >= 0.6 is 23.4 Å². The minimum Gasteiger partial charge on any atom is -0.352 e. The number of imidazole rings is 1. The number of halogens is 1. The summed E-state index contributed by atoms with van der Waals surface area (Å²) in [6, 6.07) is 0. The number of rotatable bonds is 1. The first-order valence-corrected chi connectivity index (χ1v) is 7.17. The van der Waals surface area contributed by atoms with Crippen molar-refractivity contribution >= 4 is 40.3 Å². The van der Waals surface area contributed by atoms with Gasteiger partial charge in [-0.3, -0.25) is 0 Å². The zero-order chi connectivity index (χ0) is 12.8. The highest BCUT2D eigenvalue weighted by atomic mass is 35.5. The van der Waals surface area contributed by atoms with Gasteiger partial charge in [0, 0.05) is 23.6 Å². The van der Waals surface area contributed by atoms with Crippen LogP contribution in [0.2, 0.25) is 5.28 Å². The first-order chi connectivity index (χ1) is 8.55. The van der Waals surface area contributed by atoms with Gasteiger partial charge in [-0.1, -0.05) is 0 Å². The minimum absolute atomic E-state index is 0.224. The molecule has 18 heavy (non-hydrogen) atoms. The van der Waals surface area contributed by atoms with Gasteiger partial charge in [-0.05, 0) is 25.4 Å². The summed E-state index contributed by atoms with van der Waals surface area (Å²) >= 11 is 7.95. The van der Waals surface area contributed by atoms with E-state index in [1.54, 1.807) is 6.33 Å². The Hall–Kier alpha value is -1.01. The van der Waals surface area contributed by atoms with Gasteiger partial charge >= 0.3 is 0 Å². The summed E-state index contributed by atoms with van der Waals surface area (Å²) in [5.74, 6) is 1.94. The minimum atomic E-state index is 0.224. The van der Waals surface area contributed by atoms with Crippen molar-refractivity contribution in [2.45, 2.75) is 18.6 Å². The topological polar surface area (TPSA) is 57.7 Å². The fourth-order valence-electron chi connectivity index (χ4n) is 2.22. The molecule has 0 amide bonds. The molecule has 1 saturated heterocycles. The molecule has 96 valence electrons. The molecular weight excluding hydrogens is 270 g/mol. The molecule has 0 bridgehead atoms. The molecule has 0 atom stereocenters. The van der Waals surface area contributed by atoms with E-state index < -0.39 is 0 Å². The summed E-state index contributed by atoms with van der Waals surface area (Å²) in [6.45, 7) is 6.41. The van der Waals surface area contributed by atoms with E-state index in [0.29, 0.717) is 5.65 Å². The normalized spacial score (nSPS) is 19.4. The molecule has 0 spiro atoms. The van der Waals surface area contributed by atoms with Crippen LogP contribution in [-0.4, -0.2) is 43.5 Å². The van der Waals surface area contributed by atoms with Gasteiger partial charge < -0.3 is 9.88 Å². The molecule has 0 radical (unpaired) electrons. The lowest BCUT2D eigenvalue weighted by atomic mass is 10.2. The summed E-state index contributed by atoms with van der Waals surface area (Å²) < 4.78 is 0.224. The number of nitrogens with zero attached hydrogens (tertiary/aromatic N) is 4. The lowest BCUT2D eigenvalue weighted by Gasteiger charge is -2.38. The second-order valence-corrected chi connectivity index (χ2v) is 7.09. The number of anilines is 1. The maximum absolute atomic E-state index is 5.96. The largest absolute Gasteiger partial charge is 0.352 e. The van der Waals surface area contributed by atoms with Gasteiger partial charge in [-0.2, -0.15) is 21.7 Å². The summed E-state index contributed by atoms with van der Waals surface area (Å²) in [7, 11) is 0. The summed E-state index contributed by atoms with van der Waals surface area (Å²) in [4.78, 5) is 18.0. The smallest absolute Gasteiger partial charge is 0.226 e. The average Bonchev–Trinajstić information content (AvgIpc) is 2.74. The Morgan fingerprint density at radius 2 is 2.28 bits per heavy atom. The third-order valence-corrected chi connectivity index (χ3v) is 4.43. The van der Waals surface area contributed by atoms with Crippen LogP contribution in [0.3, 0.4) is 0 Å². The molecule has 3 rings (SSSR count). The zero-order valence-corrected chi connectivity index (χ0v) is 11.8. The molecule has 1 aliphatic rings. The Morgan fingerprint density at radius 3 is 3.06 bits per heavy atom. The maximum atomic E-state index is 5.96. The number of fused-ring (bicyclic) bond motifs is 1. The zero-order valence-electron chi connectivity index (χ0n) is 10.3. The predicted molar refractivity (Wildman–Crippen MR) is 75.4 cm³/mol. The number of H-pyrrole nitrogens is 1. The average molecular weight is 284 g/mol. The molecule has 5 nitrogen and oxygen atoms in total. The fraction of sp³-hybridized carbons (Fsp3) is 0.545. The van der Waals surface area contributed by atoms with E-state index in [0.717, 1.165) is 30.2 Å². The van der Waals surface area contributed by atoms with Crippen molar-refractivity contribution in [1.29, 1.82) is 0 Å². The van der Waals surface area contributed by atoms with E-state index in [9.17, 15) is 0 Å². The van der Waals surface area contributed by atoms with Crippen molar-refractivity contribution < 1.29 is 0 Å². The van der Waals surface area contributed by atoms with Gasteiger partial charge in [0.05, 0.1) is 6.33 Å². The van der Waals surface area contributed by atoms with Crippen LogP contribution in [0.15, 0.2) is 6.33 Å². The lowest BCUT2D eigenvalue weighted by molar-refractivity contribution is 0.643. The predicted octanol–water partition coefficient (Wildman–Crippen LogP) is 2.34. The molecule has 0 saturated carbocycles. The Labute approximate surface area is 114 Å². The van der Waals surface area contributed by atoms with Gasteiger partial charge in [0.25, 0.3) is 0 Å². The van der Waals surface area contributed by atoms with E-state index in [2.05, 4.69) is 38.7 Å². The molecular formula is C11H14ClN5S. The lowest BCUT2D eigenvalue weighted by Crippen LogP contribution is -2.43. The molecule has 7 heteroatoms. The van der Waals surface area contributed by atoms with Gasteiger partial charge in [0.15, 0.2) is 11.5 Å².